The maximum Gasteiger partial charge on any atom is 0.254 e. The molecule has 37 heavy (non-hydrogen) atoms. The van der Waals surface area contributed by atoms with E-state index in [2.05, 4.69) is 10.7 Å². The minimum Gasteiger partial charge on any atom is -0.497 e. The highest BCUT2D eigenvalue weighted by Gasteiger charge is 2.44. The first kappa shape index (κ1) is 26.1. The van der Waals surface area contributed by atoms with Crippen molar-refractivity contribution < 1.29 is 19.1 Å². The van der Waals surface area contributed by atoms with Crippen LogP contribution < -0.4 is 15.5 Å². The van der Waals surface area contributed by atoms with Gasteiger partial charge in [0.15, 0.2) is 5.11 Å². The minimum atomic E-state index is -1.00. The second kappa shape index (κ2) is 11.9. The van der Waals surface area contributed by atoms with Gasteiger partial charge in [-0.15, -0.1) is 0 Å². The number of nitrogens with one attached hydrogen (secondary N) is 2. The fourth-order valence-corrected chi connectivity index (χ4v) is 4.44. The number of thiocarbonyl (C=S) groups is 1. The number of benzene rings is 3. The fraction of sp³-hybridized carbons (Fsp3) is 0.185. The monoisotopic (exact) mass is 536 g/mol. The third-order valence-electron chi connectivity index (χ3n) is 5.74. The number of nitrogens with zero attached hydrogens (tertiary/aromatic N) is 2. The molecule has 0 spiro atoms. The predicted octanol–water partition coefficient (Wildman–Crippen LogP) is 3.95. The van der Waals surface area contributed by atoms with Gasteiger partial charge in [0.1, 0.15) is 11.8 Å². The molecule has 1 fully saturated rings. The molecule has 1 aliphatic heterocycles. The molecule has 1 aliphatic rings. The number of hydrazine groups is 1. The van der Waals surface area contributed by atoms with Gasteiger partial charge in [-0.1, -0.05) is 60.1 Å². The highest BCUT2D eigenvalue weighted by Crippen LogP contribution is 2.23. The first-order valence-corrected chi connectivity index (χ1v) is 12.3. The van der Waals surface area contributed by atoms with E-state index < -0.39 is 11.9 Å². The van der Waals surface area contributed by atoms with Crippen LogP contribution in [0, 0.1) is 0 Å². The topological polar surface area (TPSA) is 91.0 Å². The molecule has 1 saturated heterocycles. The van der Waals surface area contributed by atoms with Crippen LogP contribution in [0.2, 0.25) is 5.02 Å². The zero-order valence-electron chi connectivity index (χ0n) is 20.0. The van der Waals surface area contributed by atoms with Gasteiger partial charge in [0.25, 0.3) is 5.91 Å². The zero-order valence-corrected chi connectivity index (χ0v) is 21.6. The molecule has 3 aromatic rings. The summed E-state index contributed by atoms with van der Waals surface area (Å²) < 4.78 is 5.15. The van der Waals surface area contributed by atoms with Crippen LogP contribution in [-0.2, 0) is 27.3 Å². The zero-order chi connectivity index (χ0) is 26.4. The van der Waals surface area contributed by atoms with Gasteiger partial charge < -0.3 is 10.1 Å². The molecule has 0 bridgehead atoms. The number of methoxy groups -OCH3 is 1. The van der Waals surface area contributed by atoms with Crippen molar-refractivity contribution in [2.45, 2.75) is 25.4 Å². The Balaban J connectivity index is 1.51. The van der Waals surface area contributed by atoms with E-state index in [0.717, 1.165) is 11.1 Å². The average molecular weight is 537 g/mol. The highest BCUT2D eigenvalue weighted by molar-refractivity contribution is 7.80. The number of amides is 3. The van der Waals surface area contributed by atoms with Gasteiger partial charge in [-0.3, -0.25) is 24.7 Å². The van der Waals surface area contributed by atoms with Crippen LogP contribution in [0.3, 0.4) is 0 Å². The van der Waals surface area contributed by atoms with Crippen molar-refractivity contribution in [3.63, 3.8) is 0 Å². The SMILES string of the molecule is COc1ccc(CC(=O)NN2C(=S)N(Cc3ccccc3)C(=O)C2CC(=O)Nc2cccc(Cl)c2)cc1. The molecule has 3 amide bonds. The first-order chi connectivity index (χ1) is 17.8. The van der Waals surface area contributed by atoms with E-state index >= 15 is 0 Å². The third-order valence-corrected chi connectivity index (χ3v) is 6.39. The number of carbonyl (C=O) groups is 3. The molecular weight excluding hydrogens is 512 g/mol. The molecule has 8 nitrogen and oxygen atoms in total. The number of rotatable bonds is 9. The van der Waals surface area contributed by atoms with E-state index in [0.29, 0.717) is 16.5 Å². The first-order valence-electron chi connectivity index (χ1n) is 11.5. The molecule has 1 atom stereocenters. The van der Waals surface area contributed by atoms with Gasteiger partial charge in [-0.05, 0) is 53.7 Å². The highest BCUT2D eigenvalue weighted by atomic mass is 35.5. The van der Waals surface area contributed by atoms with Crippen molar-refractivity contribution in [1.29, 1.82) is 0 Å². The quantitative estimate of drug-likeness (QED) is 0.402. The van der Waals surface area contributed by atoms with Crippen LogP contribution >= 0.6 is 23.8 Å². The summed E-state index contributed by atoms with van der Waals surface area (Å²) in [4.78, 5) is 40.6. The number of anilines is 1. The summed E-state index contributed by atoms with van der Waals surface area (Å²) >= 11 is 11.6. The van der Waals surface area contributed by atoms with Gasteiger partial charge in [-0.2, -0.15) is 0 Å². The van der Waals surface area contributed by atoms with Gasteiger partial charge in [0.2, 0.25) is 11.8 Å². The van der Waals surface area contributed by atoms with Crippen molar-refractivity contribution >= 4 is 52.3 Å². The summed E-state index contributed by atoms with van der Waals surface area (Å²) in [6.45, 7) is 0.218. The summed E-state index contributed by atoms with van der Waals surface area (Å²) in [5, 5.41) is 4.65. The number of ether oxygens (including phenoxy) is 1. The van der Waals surface area contributed by atoms with Crippen molar-refractivity contribution in [2.75, 3.05) is 12.4 Å². The van der Waals surface area contributed by atoms with Crippen LogP contribution in [0.15, 0.2) is 78.9 Å². The van der Waals surface area contributed by atoms with Crippen molar-refractivity contribution in [3.8, 4) is 5.75 Å². The lowest BCUT2D eigenvalue weighted by Crippen LogP contribution is -2.50. The molecule has 1 unspecified atom stereocenters. The van der Waals surface area contributed by atoms with Crippen LogP contribution in [-0.4, -0.2) is 45.9 Å². The molecule has 0 aliphatic carbocycles. The Morgan fingerprint density at radius 2 is 1.70 bits per heavy atom. The summed E-state index contributed by atoms with van der Waals surface area (Å²) in [6, 6.07) is 22.1. The molecule has 3 aromatic carbocycles. The molecule has 0 radical (unpaired) electrons. The smallest absolute Gasteiger partial charge is 0.254 e. The van der Waals surface area contributed by atoms with Crippen LogP contribution in [0.4, 0.5) is 5.69 Å². The molecule has 0 saturated carbocycles. The van der Waals surface area contributed by atoms with Crippen molar-refractivity contribution in [3.05, 3.63) is 95.0 Å². The molecule has 4 rings (SSSR count). The van der Waals surface area contributed by atoms with E-state index in [9.17, 15) is 14.4 Å². The molecule has 2 N–H and O–H groups in total. The Morgan fingerprint density at radius 3 is 2.38 bits per heavy atom. The van der Waals surface area contributed by atoms with E-state index in [-0.39, 0.29) is 36.3 Å². The van der Waals surface area contributed by atoms with Crippen LogP contribution in [0.1, 0.15) is 17.5 Å². The second-order valence-corrected chi connectivity index (χ2v) is 9.20. The van der Waals surface area contributed by atoms with Crippen LogP contribution in [0.5, 0.6) is 5.75 Å². The van der Waals surface area contributed by atoms with Crippen LogP contribution in [0.25, 0.3) is 0 Å². The standard InChI is InChI=1S/C27H25ClN4O4S/c1-36-22-12-10-18(11-13-22)14-25(34)30-32-23(16-24(33)29-21-9-5-8-20(28)15-21)26(35)31(27(32)37)17-19-6-3-2-4-7-19/h2-13,15,23H,14,16-17H2,1H3,(H,29,33)(H,30,34). The van der Waals surface area contributed by atoms with E-state index in [1.165, 1.54) is 9.91 Å². The van der Waals surface area contributed by atoms with Gasteiger partial charge in [0, 0.05) is 10.7 Å². The molecule has 10 heteroatoms. The number of hydrogen-bond acceptors (Lipinski definition) is 5. The van der Waals surface area contributed by atoms with Gasteiger partial charge >= 0.3 is 0 Å². The molecule has 0 aromatic heterocycles. The van der Waals surface area contributed by atoms with E-state index in [1.807, 2.05) is 30.3 Å². The summed E-state index contributed by atoms with van der Waals surface area (Å²) in [6.07, 6.45) is -0.170. The van der Waals surface area contributed by atoms with Crippen molar-refractivity contribution in [1.82, 2.24) is 15.3 Å². The van der Waals surface area contributed by atoms with Crippen molar-refractivity contribution in [2.24, 2.45) is 0 Å². The number of hydrogen-bond donors (Lipinski definition) is 2. The molecule has 190 valence electrons. The third kappa shape index (κ3) is 6.63. The summed E-state index contributed by atoms with van der Waals surface area (Å²) in [7, 11) is 1.57. The summed E-state index contributed by atoms with van der Waals surface area (Å²) in [5.74, 6) is -0.487. The van der Waals surface area contributed by atoms with Gasteiger partial charge in [-0.25, -0.2) is 5.01 Å². The maximum atomic E-state index is 13.4. The Morgan fingerprint density at radius 1 is 0.973 bits per heavy atom. The molecular formula is C27H25ClN4O4S. The number of halogens is 1. The molecule has 1 heterocycles. The average Bonchev–Trinajstić information content (AvgIpc) is 3.09. The lowest BCUT2D eigenvalue weighted by molar-refractivity contribution is -0.132. The van der Waals surface area contributed by atoms with E-state index in [4.69, 9.17) is 28.6 Å². The predicted molar refractivity (Wildman–Crippen MR) is 145 cm³/mol. The maximum absolute atomic E-state index is 13.4. The largest absolute Gasteiger partial charge is 0.497 e. The Labute approximate surface area is 225 Å². The van der Waals surface area contributed by atoms with E-state index in [1.54, 1.807) is 55.6 Å². The van der Waals surface area contributed by atoms with Gasteiger partial charge in [0.05, 0.1) is 26.5 Å². The number of carbonyl (C=O) groups excluding carboxylic acids is 3. The second-order valence-electron chi connectivity index (χ2n) is 8.40. The summed E-state index contributed by atoms with van der Waals surface area (Å²) in [5.41, 5.74) is 4.86. The lowest BCUT2D eigenvalue weighted by atomic mass is 10.1. The lowest BCUT2D eigenvalue weighted by Gasteiger charge is -2.24. The minimum absolute atomic E-state index is 0.0530. The Bertz CT molecular complexity index is 1300. The Hall–Kier alpha value is -3.95. The fourth-order valence-electron chi connectivity index (χ4n) is 3.92. The Kier molecular flexibility index (Phi) is 8.37. The normalized spacial score (nSPS) is 15.0.